The molecule has 1 heterocycles. The summed E-state index contributed by atoms with van der Waals surface area (Å²) < 4.78 is 10.0. The molecule has 0 aromatic heterocycles. The van der Waals surface area contributed by atoms with Crippen molar-refractivity contribution in [1.29, 1.82) is 0 Å². The van der Waals surface area contributed by atoms with Gasteiger partial charge in [-0.2, -0.15) is 0 Å². The minimum atomic E-state index is -1.23. The summed E-state index contributed by atoms with van der Waals surface area (Å²) in [5, 5.41) is 8.83. The Labute approximate surface area is 116 Å². The SMILES string of the molecule is CC1(C)OC(=O)C(=Cc2ccc(CCO)cc2)C(=O)O1. The topological polar surface area (TPSA) is 72.8 Å². The molecule has 0 aliphatic carbocycles. The molecule has 1 fully saturated rings. The van der Waals surface area contributed by atoms with Crippen molar-refractivity contribution in [2.24, 2.45) is 0 Å². The Bertz CT molecular complexity index is 532. The van der Waals surface area contributed by atoms with Crippen LogP contribution in [0.4, 0.5) is 0 Å². The Kier molecular flexibility index (Phi) is 3.90. The van der Waals surface area contributed by atoms with Gasteiger partial charge in [-0.1, -0.05) is 24.3 Å². The van der Waals surface area contributed by atoms with Crippen LogP contribution in [0.3, 0.4) is 0 Å². The fourth-order valence-electron chi connectivity index (χ4n) is 1.85. The van der Waals surface area contributed by atoms with Gasteiger partial charge in [0.2, 0.25) is 0 Å². The van der Waals surface area contributed by atoms with Crippen molar-refractivity contribution in [3.05, 3.63) is 41.0 Å². The summed E-state index contributed by atoms with van der Waals surface area (Å²) in [5.41, 5.74) is 1.54. The van der Waals surface area contributed by atoms with Gasteiger partial charge in [0.05, 0.1) is 0 Å². The van der Waals surface area contributed by atoms with E-state index in [4.69, 9.17) is 14.6 Å². The van der Waals surface area contributed by atoms with Crippen molar-refractivity contribution in [3.63, 3.8) is 0 Å². The molecule has 1 aromatic carbocycles. The molecule has 0 radical (unpaired) electrons. The number of cyclic esters (lactones) is 2. The zero-order valence-corrected chi connectivity index (χ0v) is 11.4. The first kappa shape index (κ1) is 14.3. The minimum Gasteiger partial charge on any atom is -0.419 e. The summed E-state index contributed by atoms with van der Waals surface area (Å²) in [6.07, 6.45) is 2.00. The number of esters is 2. The van der Waals surface area contributed by atoms with Gasteiger partial charge in [0.15, 0.2) is 0 Å². The van der Waals surface area contributed by atoms with Gasteiger partial charge < -0.3 is 14.6 Å². The predicted octanol–water partition coefficient (Wildman–Crippen LogP) is 1.44. The van der Waals surface area contributed by atoms with E-state index in [1.165, 1.54) is 19.9 Å². The molecule has 20 heavy (non-hydrogen) atoms. The van der Waals surface area contributed by atoms with Gasteiger partial charge in [-0.15, -0.1) is 0 Å². The second kappa shape index (κ2) is 5.46. The van der Waals surface area contributed by atoms with Gasteiger partial charge in [0.25, 0.3) is 5.79 Å². The molecule has 1 aliphatic heterocycles. The largest absolute Gasteiger partial charge is 0.419 e. The van der Waals surface area contributed by atoms with E-state index in [-0.39, 0.29) is 12.2 Å². The highest BCUT2D eigenvalue weighted by Gasteiger charge is 2.38. The fraction of sp³-hybridized carbons (Fsp3) is 0.333. The maximum atomic E-state index is 11.8. The minimum absolute atomic E-state index is 0.0776. The zero-order valence-electron chi connectivity index (χ0n) is 11.4. The van der Waals surface area contributed by atoms with Gasteiger partial charge in [-0.3, -0.25) is 0 Å². The van der Waals surface area contributed by atoms with Gasteiger partial charge in [-0.25, -0.2) is 9.59 Å². The van der Waals surface area contributed by atoms with Crippen molar-refractivity contribution in [2.75, 3.05) is 6.61 Å². The van der Waals surface area contributed by atoms with Gasteiger partial charge in [0.1, 0.15) is 5.57 Å². The van der Waals surface area contributed by atoms with Crippen molar-refractivity contribution in [1.82, 2.24) is 0 Å². The monoisotopic (exact) mass is 276 g/mol. The van der Waals surface area contributed by atoms with Crippen LogP contribution in [0.1, 0.15) is 25.0 Å². The van der Waals surface area contributed by atoms with Crippen LogP contribution in [0.5, 0.6) is 0 Å². The third-order valence-corrected chi connectivity index (χ3v) is 2.81. The van der Waals surface area contributed by atoms with Crippen LogP contribution in [-0.4, -0.2) is 29.4 Å². The Morgan fingerprint density at radius 1 is 1.10 bits per heavy atom. The van der Waals surface area contributed by atoms with Crippen LogP contribution in [0.15, 0.2) is 29.8 Å². The molecule has 0 amide bonds. The third-order valence-electron chi connectivity index (χ3n) is 2.81. The van der Waals surface area contributed by atoms with E-state index in [1.807, 2.05) is 12.1 Å². The van der Waals surface area contributed by atoms with Crippen LogP contribution < -0.4 is 0 Å². The molecule has 0 atom stereocenters. The number of carbonyl (C=O) groups excluding carboxylic acids is 2. The Morgan fingerprint density at radius 3 is 2.15 bits per heavy atom. The number of hydrogen-bond acceptors (Lipinski definition) is 5. The maximum Gasteiger partial charge on any atom is 0.348 e. The second-order valence-corrected chi connectivity index (χ2v) is 4.95. The molecule has 1 aliphatic rings. The quantitative estimate of drug-likeness (QED) is 0.514. The van der Waals surface area contributed by atoms with E-state index < -0.39 is 17.7 Å². The molecule has 5 heteroatoms. The van der Waals surface area contributed by atoms with Crippen LogP contribution in [0.25, 0.3) is 6.08 Å². The van der Waals surface area contributed by atoms with E-state index in [0.29, 0.717) is 12.0 Å². The van der Waals surface area contributed by atoms with Gasteiger partial charge in [0, 0.05) is 20.5 Å². The van der Waals surface area contributed by atoms with Crippen LogP contribution in [-0.2, 0) is 25.5 Å². The van der Waals surface area contributed by atoms with Crippen LogP contribution in [0, 0.1) is 0 Å². The summed E-state index contributed by atoms with van der Waals surface area (Å²) >= 11 is 0. The standard InChI is InChI=1S/C15H16O5/c1-15(2)19-13(17)12(14(18)20-15)9-11-5-3-10(4-6-11)7-8-16/h3-6,9,16H,7-8H2,1-2H3. The molecule has 1 aromatic rings. The van der Waals surface area contributed by atoms with E-state index >= 15 is 0 Å². The van der Waals surface area contributed by atoms with Gasteiger partial charge >= 0.3 is 11.9 Å². The van der Waals surface area contributed by atoms with E-state index in [9.17, 15) is 9.59 Å². The van der Waals surface area contributed by atoms with E-state index in [2.05, 4.69) is 0 Å². The number of aliphatic hydroxyl groups excluding tert-OH is 1. The van der Waals surface area contributed by atoms with E-state index in [0.717, 1.165) is 5.56 Å². The number of hydrogen-bond donors (Lipinski definition) is 1. The lowest BCUT2D eigenvalue weighted by Crippen LogP contribution is -2.41. The van der Waals surface area contributed by atoms with Crippen LogP contribution in [0.2, 0.25) is 0 Å². The van der Waals surface area contributed by atoms with Crippen molar-refractivity contribution in [3.8, 4) is 0 Å². The summed E-state index contributed by atoms with van der Waals surface area (Å²) in [6, 6.07) is 7.18. The first-order valence-electron chi connectivity index (χ1n) is 6.29. The molecule has 0 bridgehead atoms. The Hall–Kier alpha value is -2.14. The summed E-state index contributed by atoms with van der Waals surface area (Å²) in [6.45, 7) is 3.08. The maximum absolute atomic E-state index is 11.8. The molecule has 0 spiro atoms. The van der Waals surface area contributed by atoms with Crippen molar-refractivity contribution in [2.45, 2.75) is 26.1 Å². The summed E-state index contributed by atoms with van der Waals surface area (Å²) in [5.74, 6) is -2.60. The first-order valence-corrected chi connectivity index (χ1v) is 6.29. The number of aliphatic hydroxyl groups is 1. The molecule has 2 rings (SSSR count). The highest BCUT2D eigenvalue weighted by Crippen LogP contribution is 2.24. The average molecular weight is 276 g/mol. The average Bonchev–Trinajstić information content (AvgIpc) is 2.35. The highest BCUT2D eigenvalue weighted by atomic mass is 16.7. The number of rotatable bonds is 3. The Morgan fingerprint density at radius 2 is 1.65 bits per heavy atom. The highest BCUT2D eigenvalue weighted by molar-refractivity contribution is 6.18. The van der Waals surface area contributed by atoms with E-state index in [1.54, 1.807) is 12.1 Å². The van der Waals surface area contributed by atoms with Gasteiger partial charge in [-0.05, 0) is 23.6 Å². The number of ether oxygens (including phenoxy) is 2. The fourth-order valence-corrected chi connectivity index (χ4v) is 1.85. The zero-order chi connectivity index (χ0) is 14.8. The molecule has 1 N–H and O–H groups in total. The van der Waals surface area contributed by atoms with Crippen molar-refractivity contribution < 1.29 is 24.2 Å². The first-order chi connectivity index (χ1) is 9.41. The Balaban J connectivity index is 2.22. The normalized spacial score (nSPS) is 17.4. The molecule has 106 valence electrons. The third kappa shape index (κ3) is 3.24. The molecule has 0 saturated carbocycles. The predicted molar refractivity (Wildman–Crippen MR) is 71.5 cm³/mol. The molecular weight excluding hydrogens is 260 g/mol. The van der Waals surface area contributed by atoms with Crippen molar-refractivity contribution >= 4 is 18.0 Å². The molecule has 5 nitrogen and oxygen atoms in total. The molecule has 0 unspecified atom stereocenters. The smallest absolute Gasteiger partial charge is 0.348 e. The lowest BCUT2D eigenvalue weighted by molar-refractivity contribution is -0.222. The summed E-state index contributed by atoms with van der Waals surface area (Å²) in [4.78, 5) is 23.5. The van der Waals surface area contributed by atoms with Crippen LogP contribution >= 0.6 is 0 Å². The molecule has 1 saturated heterocycles. The number of carbonyl (C=O) groups is 2. The lowest BCUT2D eigenvalue weighted by atomic mass is 10.1. The second-order valence-electron chi connectivity index (χ2n) is 4.95. The molecular formula is C15H16O5. The lowest BCUT2D eigenvalue weighted by Gasteiger charge is -2.29. The summed E-state index contributed by atoms with van der Waals surface area (Å²) in [7, 11) is 0. The number of benzene rings is 1.